The zero-order valence-corrected chi connectivity index (χ0v) is 28.3. The van der Waals surface area contributed by atoms with Crippen LogP contribution < -0.4 is 4.74 Å². The number of para-hydroxylation sites is 1. The van der Waals surface area contributed by atoms with Gasteiger partial charge in [-0.25, -0.2) is 18.4 Å². The molecule has 2 aromatic carbocycles. The highest BCUT2D eigenvalue weighted by molar-refractivity contribution is 7.89. The summed E-state index contributed by atoms with van der Waals surface area (Å²) < 4.78 is 36.3. The van der Waals surface area contributed by atoms with Crippen molar-refractivity contribution in [3.8, 4) is 5.75 Å². The first kappa shape index (κ1) is 32.6. The second kappa shape index (κ2) is 12.7. The van der Waals surface area contributed by atoms with E-state index in [1.807, 2.05) is 21.9 Å². The predicted octanol–water partition coefficient (Wildman–Crippen LogP) is 4.45. The van der Waals surface area contributed by atoms with E-state index in [1.54, 1.807) is 70.2 Å². The van der Waals surface area contributed by atoms with Crippen molar-refractivity contribution in [2.24, 2.45) is 5.41 Å². The number of aromatic nitrogens is 4. The molecule has 1 atom stereocenters. The molecule has 2 amide bonds. The summed E-state index contributed by atoms with van der Waals surface area (Å²) in [4.78, 5) is 43.7. The van der Waals surface area contributed by atoms with Gasteiger partial charge in [0.05, 0.1) is 47.3 Å². The number of carbonyl (C=O) groups is 2. The summed E-state index contributed by atoms with van der Waals surface area (Å²) in [5.74, 6) is 0.412. The van der Waals surface area contributed by atoms with Crippen LogP contribution in [0.15, 0.2) is 60.1 Å². The molecule has 248 valence electrons. The highest BCUT2D eigenvalue weighted by Gasteiger charge is 2.40. The monoisotopic (exact) mass is 659 g/mol. The maximum Gasteiger partial charge on any atom is 0.274 e. The summed E-state index contributed by atoms with van der Waals surface area (Å²) in [5.41, 5.74) is 3.37. The summed E-state index contributed by atoms with van der Waals surface area (Å²) in [7, 11) is -0.807. The first-order chi connectivity index (χ1) is 22.5. The van der Waals surface area contributed by atoms with Crippen molar-refractivity contribution in [1.82, 2.24) is 33.6 Å². The van der Waals surface area contributed by atoms with E-state index in [0.717, 1.165) is 25.7 Å². The van der Waals surface area contributed by atoms with E-state index >= 15 is 0 Å². The number of amides is 2. The number of carbonyl (C=O) groups excluding carboxylic acids is 2. The van der Waals surface area contributed by atoms with Crippen LogP contribution in [0, 0.1) is 19.3 Å². The Balaban J connectivity index is 1.18. The minimum Gasteiger partial charge on any atom is -0.497 e. The predicted molar refractivity (Wildman–Crippen MR) is 177 cm³/mol. The van der Waals surface area contributed by atoms with Gasteiger partial charge in [0.1, 0.15) is 11.4 Å². The van der Waals surface area contributed by atoms with Crippen molar-refractivity contribution in [3.05, 3.63) is 77.6 Å². The molecule has 6 rings (SSSR count). The molecule has 12 nitrogen and oxygen atoms in total. The number of sulfonamides is 1. The smallest absolute Gasteiger partial charge is 0.274 e. The Morgan fingerprint density at radius 3 is 2.13 bits per heavy atom. The van der Waals surface area contributed by atoms with E-state index in [9.17, 15) is 18.0 Å². The van der Waals surface area contributed by atoms with Gasteiger partial charge < -0.3 is 19.1 Å². The fourth-order valence-corrected chi connectivity index (χ4v) is 8.83. The molecule has 1 spiro atoms. The van der Waals surface area contributed by atoms with E-state index in [-0.39, 0.29) is 22.1 Å². The molecular weight excluding hydrogens is 618 g/mol. The van der Waals surface area contributed by atoms with Gasteiger partial charge in [-0.1, -0.05) is 6.07 Å². The Morgan fingerprint density at radius 2 is 1.55 bits per heavy atom. The number of rotatable bonds is 7. The Morgan fingerprint density at radius 1 is 0.936 bits per heavy atom. The lowest BCUT2D eigenvalue weighted by atomic mass is 9.71. The van der Waals surface area contributed by atoms with E-state index in [0.29, 0.717) is 65.3 Å². The van der Waals surface area contributed by atoms with Crippen LogP contribution in [0.1, 0.15) is 70.7 Å². The molecule has 2 saturated heterocycles. The molecule has 1 unspecified atom stereocenters. The molecular formula is C34H41N7O5S. The van der Waals surface area contributed by atoms with Gasteiger partial charge in [0, 0.05) is 45.6 Å². The van der Waals surface area contributed by atoms with Gasteiger partial charge in [-0.2, -0.15) is 4.31 Å². The van der Waals surface area contributed by atoms with Crippen LogP contribution in [0.2, 0.25) is 0 Å². The number of fused-ring (bicyclic) bond motifs is 1. The minimum absolute atomic E-state index is 0.0903. The molecule has 0 bridgehead atoms. The van der Waals surface area contributed by atoms with Crippen LogP contribution in [-0.4, -0.2) is 94.2 Å². The SMILES string of the molecule is COc1cc(C)c(S(=O)(=O)N(C)C(C)n2cnc3cccc(C(=O)N4CCC5(CCN(C(=O)c6cnccn6)CC5)CC4)c32)c(C)c1. The standard InChI is InChI=1S/C34H41N7O5S/c1-23-19-26(46-5)20-24(2)31(23)47(44,45)38(4)25(3)41-22-37-28-8-6-7-27(30(28)41)32(42)39-15-9-34(10-16-39)11-17-40(18-12-34)33(43)29-21-35-13-14-36-29/h6-8,13-14,19-22,25H,9-12,15-18H2,1-5H3. The van der Waals surface area contributed by atoms with Crippen LogP contribution >= 0.6 is 0 Å². The number of hydrogen-bond acceptors (Lipinski definition) is 8. The molecule has 13 heteroatoms. The molecule has 0 saturated carbocycles. The maximum atomic E-state index is 14.1. The Bertz CT molecular complexity index is 1890. The van der Waals surface area contributed by atoms with Gasteiger partial charge in [0.25, 0.3) is 11.8 Å². The van der Waals surface area contributed by atoms with E-state index in [4.69, 9.17) is 4.74 Å². The number of aryl methyl sites for hydroxylation is 2. The quantitative estimate of drug-likeness (QED) is 0.285. The third kappa shape index (κ3) is 5.98. The zero-order chi connectivity index (χ0) is 33.5. The van der Waals surface area contributed by atoms with Crippen LogP contribution in [0.5, 0.6) is 5.75 Å². The Hall–Kier alpha value is -4.36. The number of hydrogen-bond donors (Lipinski definition) is 0. The zero-order valence-electron chi connectivity index (χ0n) is 27.5. The number of methoxy groups -OCH3 is 1. The molecule has 2 aliphatic rings. The van der Waals surface area contributed by atoms with Gasteiger partial charge in [0.2, 0.25) is 10.0 Å². The second-order valence-corrected chi connectivity index (χ2v) is 14.7. The lowest BCUT2D eigenvalue weighted by Crippen LogP contribution is -2.49. The largest absolute Gasteiger partial charge is 0.497 e. The summed E-state index contributed by atoms with van der Waals surface area (Å²) in [6.45, 7) is 7.85. The van der Waals surface area contributed by atoms with Gasteiger partial charge in [-0.15, -0.1) is 0 Å². The normalized spacial score (nSPS) is 17.3. The molecule has 0 radical (unpaired) electrons. The summed E-state index contributed by atoms with van der Waals surface area (Å²) >= 11 is 0. The topological polar surface area (TPSA) is 131 Å². The molecule has 2 aliphatic heterocycles. The van der Waals surface area contributed by atoms with Crippen molar-refractivity contribution >= 4 is 32.9 Å². The number of nitrogens with zero attached hydrogens (tertiary/aromatic N) is 7. The number of imidazole rings is 1. The number of piperidine rings is 2. The van der Waals surface area contributed by atoms with E-state index in [1.165, 1.54) is 16.7 Å². The fourth-order valence-electron chi connectivity index (χ4n) is 7.11. The molecule has 2 aromatic heterocycles. The van der Waals surface area contributed by atoms with Crippen LogP contribution in [0.25, 0.3) is 11.0 Å². The minimum atomic E-state index is -3.91. The molecule has 0 aliphatic carbocycles. The van der Waals surface area contributed by atoms with Crippen LogP contribution in [0.3, 0.4) is 0 Å². The summed E-state index contributed by atoms with van der Waals surface area (Å²) in [5, 5.41) is 0. The maximum absolute atomic E-state index is 14.1. The third-order valence-corrected chi connectivity index (χ3v) is 12.3. The highest BCUT2D eigenvalue weighted by Crippen LogP contribution is 2.42. The van der Waals surface area contributed by atoms with Crippen LogP contribution in [0.4, 0.5) is 0 Å². The summed E-state index contributed by atoms with van der Waals surface area (Å²) in [6, 6.07) is 8.88. The van der Waals surface area contributed by atoms with Gasteiger partial charge >= 0.3 is 0 Å². The summed E-state index contributed by atoms with van der Waals surface area (Å²) in [6.07, 6.45) is 9.02. The number of likely N-dealkylation sites (tertiary alicyclic amines) is 2. The average Bonchev–Trinajstić information content (AvgIpc) is 3.52. The van der Waals surface area contributed by atoms with Crippen molar-refractivity contribution < 1.29 is 22.7 Å². The third-order valence-electron chi connectivity index (χ3n) is 10.1. The Labute approximate surface area is 275 Å². The van der Waals surface area contributed by atoms with E-state index < -0.39 is 16.2 Å². The average molecular weight is 660 g/mol. The molecule has 4 heterocycles. The fraction of sp³-hybridized carbons (Fsp3) is 0.441. The van der Waals surface area contributed by atoms with Gasteiger partial charge in [0.15, 0.2) is 0 Å². The molecule has 4 aromatic rings. The molecule has 2 fully saturated rings. The Kier molecular flexibility index (Phi) is 8.79. The lowest BCUT2D eigenvalue weighted by Gasteiger charge is -2.46. The van der Waals surface area contributed by atoms with Crippen molar-refractivity contribution in [2.45, 2.75) is 57.5 Å². The van der Waals surface area contributed by atoms with Gasteiger partial charge in [-0.3, -0.25) is 14.6 Å². The number of benzene rings is 2. The molecule has 0 N–H and O–H groups in total. The first-order valence-corrected chi connectivity index (χ1v) is 17.3. The van der Waals surface area contributed by atoms with Gasteiger partial charge in [-0.05, 0) is 87.3 Å². The van der Waals surface area contributed by atoms with Crippen LogP contribution in [-0.2, 0) is 10.0 Å². The molecule has 47 heavy (non-hydrogen) atoms. The van der Waals surface area contributed by atoms with Crippen molar-refractivity contribution in [3.63, 3.8) is 0 Å². The lowest BCUT2D eigenvalue weighted by molar-refractivity contribution is 0.0279. The van der Waals surface area contributed by atoms with E-state index in [2.05, 4.69) is 15.0 Å². The number of ether oxygens (including phenoxy) is 1. The second-order valence-electron chi connectivity index (χ2n) is 12.7. The van der Waals surface area contributed by atoms with Crippen molar-refractivity contribution in [1.29, 1.82) is 0 Å². The first-order valence-electron chi connectivity index (χ1n) is 15.9. The highest BCUT2D eigenvalue weighted by atomic mass is 32.2. The van der Waals surface area contributed by atoms with Crippen molar-refractivity contribution in [2.75, 3.05) is 40.3 Å².